The van der Waals surface area contributed by atoms with Gasteiger partial charge in [-0.1, -0.05) is 18.2 Å². The van der Waals surface area contributed by atoms with Gasteiger partial charge >= 0.3 is 0 Å². The second kappa shape index (κ2) is 8.58. The monoisotopic (exact) mass is 509 g/mol. The summed E-state index contributed by atoms with van der Waals surface area (Å²) in [6, 6.07) is 14.9. The number of furan rings is 1. The van der Waals surface area contributed by atoms with Gasteiger partial charge in [-0.2, -0.15) is 0 Å². The minimum atomic E-state index is -0.506. The van der Waals surface area contributed by atoms with E-state index in [2.05, 4.69) is 27.3 Å². The van der Waals surface area contributed by atoms with Gasteiger partial charge in [0.25, 0.3) is 0 Å². The van der Waals surface area contributed by atoms with Crippen LogP contribution in [0.25, 0.3) is 44.2 Å². The molecule has 7 rings (SSSR count). The van der Waals surface area contributed by atoms with Crippen molar-refractivity contribution in [1.29, 1.82) is 0 Å². The molecule has 9 nitrogen and oxygen atoms in total. The van der Waals surface area contributed by atoms with Gasteiger partial charge in [-0.3, -0.25) is 9.89 Å². The third-order valence-electron chi connectivity index (χ3n) is 7.01. The zero-order valence-corrected chi connectivity index (χ0v) is 20.5. The van der Waals surface area contributed by atoms with Crippen LogP contribution in [0, 0.1) is 0 Å². The first-order chi connectivity index (χ1) is 18.6. The van der Waals surface area contributed by atoms with Gasteiger partial charge in [0.05, 0.1) is 25.7 Å². The van der Waals surface area contributed by atoms with Crippen LogP contribution in [-0.4, -0.2) is 40.6 Å². The number of methoxy groups -OCH3 is 1. The summed E-state index contributed by atoms with van der Waals surface area (Å²) >= 11 is 0. The quantitative estimate of drug-likeness (QED) is 0.286. The van der Waals surface area contributed by atoms with E-state index in [9.17, 15) is 9.90 Å². The molecule has 1 aliphatic heterocycles. The van der Waals surface area contributed by atoms with Crippen molar-refractivity contribution in [3.8, 4) is 34.1 Å². The van der Waals surface area contributed by atoms with Gasteiger partial charge in [0, 0.05) is 30.0 Å². The number of aromatic hydroxyl groups is 1. The van der Waals surface area contributed by atoms with Crippen molar-refractivity contribution >= 4 is 33.1 Å². The second-order valence-corrected chi connectivity index (χ2v) is 9.24. The largest absolute Gasteiger partial charge is 0.502 e. The fourth-order valence-corrected chi connectivity index (χ4v) is 5.12. The highest BCUT2D eigenvalue weighted by atomic mass is 16.5. The van der Waals surface area contributed by atoms with E-state index < -0.39 is 11.2 Å². The Labute approximate surface area is 215 Å². The molecule has 0 aliphatic carbocycles. The minimum Gasteiger partial charge on any atom is -0.502 e. The van der Waals surface area contributed by atoms with E-state index in [-0.39, 0.29) is 5.58 Å². The van der Waals surface area contributed by atoms with Crippen LogP contribution < -0.4 is 19.6 Å². The number of ether oxygens (including phenoxy) is 3. The number of hydrogen-bond acceptors (Lipinski definition) is 7. The van der Waals surface area contributed by atoms with Crippen LogP contribution in [0.2, 0.25) is 0 Å². The van der Waals surface area contributed by atoms with Crippen LogP contribution in [-0.2, 0) is 12.8 Å². The lowest BCUT2D eigenvalue weighted by atomic mass is 10.0. The van der Waals surface area contributed by atoms with Gasteiger partial charge in [0.2, 0.25) is 11.2 Å². The molecule has 4 heterocycles. The SMILES string of the molecule is COc1cc(-c2c3c[nH][nH]c3nc3c2oc2c(O)c(=O)ccc23)ccc1OCCc1ccc2c(c1)CCO2. The van der Waals surface area contributed by atoms with E-state index in [0.717, 1.165) is 41.7 Å². The maximum Gasteiger partial charge on any atom is 0.224 e. The summed E-state index contributed by atoms with van der Waals surface area (Å²) in [6.45, 7) is 1.23. The molecule has 0 saturated carbocycles. The third-order valence-corrected chi connectivity index (χ3v) is 7.01. The molecule has 190 valence electrons. The molecule has 0 atom stereocenters. The van der Waals surface area contributed by atoms with E-state index in [1.54, 1.807) is 19.4 Å². The van der Waals surface area contributed by atoms with Crippen LogP contribution in [0.5, 0.6) is 23.0 Å². The van der Waals surface area contributed by atoms with Crippen molar-refractivity contribution in [3.63, 3.8) is 0 Å². The Balaban J connectivity index is 1.26. The van der Waals surface area contributed by atoms with Gasteiger partial charge in [-0.25, -0.2) is 4.98 Å². The van der Waals surface area contributed by atoms with Crippen LogP contribution in [0.1, 0.15) is 11.1 Å². The molecule has 0 spiro atoms. The Morgan fingerprint density at radius 3 is 2.87 bits per heavy atom. The molecule has 1 aliphatic rings. The van der Waals surface area contributed by atoms with Gasteiger partial charge < -0.3 is 28.8 Å². The van der Waals surface area contributed by atoms with Gasteiger partial charge in [-0.15, -0.1) is 0 Å². The Hall–Kier alpha value is -4.92. The average molecular weight is 510 g/mol. The molecule has 0 bridgehead atoms. The number of phenolic OH excluding ortho intramolecular Hbond substituents is 1. The fourth-order valence-electron chi connectivity index (χ4n) is 5.12. The summed E-state index contributed by atoms with van der Waals surface area (Å²) in [7, 11) is 1.60. The zero-order valence-electron chi connectivity index (χ0n) is 20.5. The van der Waals surface area contributed by atoms with Crippen LogP contribution >= 0.6 is 0 Å². The Bertz CT molecular complexity index is 1920. The van der Waals surface area contributed by atoms with Gasteiger partial charge in [0.15, 0.2) is 28.3 Å². The Morgan fingerprint density at radius 2 is 1.97 bits per heavy atom. The predicted octanol–water partition coefficient (Wildman–Crippen LogP) is 5.09. The number of nitrogens with one attached hydrogen (secondary N) is 2. The van der Waals surface area contributed by atoms with Crippen molar-refractivity contribution in [1.82, 2.24) is 15.2 Å². The smallest absolute Gasteiger partial charge is 0.224 e. The summed E-state index contributed by atoms with van der Waals surface area (Å²) in [5, 5.41) is 17.7. The second-order valence-electron chi connectivity index (χ2n) is 9.24. The molecule has 38 heavy (non-hydrogen) atoms. The minimum absolute atomic E-state index is 0.114. The first kappa shape index (κ1) is 22.3. The number of benzene rings is 3. The molecule has 0 unspecified atom stereocenters. The molecule has 0 amide bonds. The molecule has 9 heteroatoms. The number of phenols is 1. The van der Waals surface area contributed by atoms with E-state index in [1.165, 1.54) is 17.2 Å². The van der Waals surface area contributed by atoms with Crippen LogP contribution in [0.4, 0.5) is 0 Å². The fraction of sp³-hybridized carbons (Fsp3) is 0.172. The topological polar surface area (TPSA) is 123 Å². The van der Waals surface area contributed by atoms with E-state index >= 15 is 0 Å². The van der Waals surface area contributed by atoms with E-state index in [4.69, 9.17) is 18.6 Å². The molecular weight excluding hydrogens is 486 g/mol. The maximum atomic E-state index is 12.0. The number of hydrogen-bond donors (Lipinski definition) is 3. The first-order valence-electron chi connectivity index (χ1n) is 12.3. The first-order valence-corrected chi connectivity index (χ1v) is 12.3. The molecule has 0 radical (unpaired) electrons. The van der Waals surface area contributed by atoms with Gasteiger partial charge in [0.1, 0.15) is 11.3 Å². The molecule has 3 aromatic heterocycles. The predicted molar refractivity (Wildman–Crippen MR) is 142 cm³/mol. The van der Waals surface area contributed by atoms with Crippen molar-refractivity contribution in [3.05, 3.63) is 76.1 Å². The van der Waals surface area contributed by atoms with E-state index in [0.29, 0.717) is 40.2 Å². The standard InChI is InChI=1S/C29H23N3O6/c1-35-23-13-17(3-7-22(23)37-10-8-15-2-6-21-16(12-15)9-11-36-21)24-19-14-30-32-29(19)31-25-18-4-5-20(33)26(34)27(18)38-28(24)25/h2-7,12-14,34H,8-11H2,1H3,(H2,30,31,32). The third kappa shape index (κ3) is 3.47. The highest BCUT2D eigenvalue weighted by Crippen LogP contribution is 2.42. The number of aromatic nitrogens is 3. The maximum absolute atomic E-state index is 12.0. The number of pyridine rings is 1. The lowest BCUT2D eigenvalue weighted by Gasteiger charge is -2.13. The van der Waals surface area contributed by atoms with Crippen molar-refractivity contribution in [2.75, 3.05) is 20.3 Å². The van der Waals surface area contributed by atoms with Gasteiger partial charge in [-0.05, 0) is 47.0 Å². The van der Waals surface area contributed by atoms with Crippen LogP contribution in [0.3, 0.4) is 0 Å². The summed E-state index contributed by atoms with van der Waals surface area (Å²) in [5.74, 6) is 1.74. The Morgan fingerprint density at radius 1 is 1.05 bits per heavy atom. The summed E-state index contributed by atoms with van der Waals surface area (Å²) in [4.78, 5) is 16.7. The normalized spacial score (nSPS) is 12.8. The number of rotatable bonds is 6. The van der Waals surface area contributed by atoms with Crippen molar-refractivity contribution in [2.24, 2.45) is 0 Å². The molecular formula is C29H23N3O6. The molecule has 0 fully saturated rings. The average Bonchev–Trinajstić information content (AvgIpc) is 3.68. The molecule has 6 aromatic rings. The summed E-state index contributed by atoms with van der Waals surface area (Å²) in [6.07, 6.45) is 3.49. The Kier molecular flexibility index (Phi) is 5.04. The summed E-state index contributed by atoms with van der Waals surface area (Å²) < 4.78 is 23.4. The lowest BCUT2D eigenvalue weighted by molar-refractivity contribution is 0.298. The number of aromatic amines is 2. The number of H-pyrrole nitrogens is 2. The highest BCUT2D eigenvalue weighted by Gasteiger charge is 2.22. The van der Waals surface area contributed by atoms with Crippen molar-refractivity contribution < 1.29 is 23.7 Å². The van der Waals surface area contributed by atoms with Crippen molar-refractivity contribution in [2.45, 2.75) is 12.8 Å². The summed E-state index contributed by atoms with van der Waals surface area (Å²) in [5.41, 5.74) is 5.20. The molecule has 0 saturated heterocycles. The molecule has 3 aromatic carbocycles. The zero-order chi connectivity index (χ0) is 25.8. The molecule has 3 N–H and O–H groups in total. The number of fused-ring (bicyclic) bond motifs is 5. The highest BCUT2D eigenvalue weighted by molar-refractivity contribution is 6.15. The van der Waals surface area contributed by atoms with E-state index in [1.807, 2.05) is 24.3 Å². The van der Waals surface area contributed by atoms with Crippen LogP contribution in [0.15, 0.2) is 63.9 Å². The lowest BCUT2D eigenvalue weighted by Crippen LogP contribution is -2.03. The number of nitrogens with zero attached hydrogens (tertiary/aromatic N) is 1.